The Bertz CT molecular complexity index is 1170. The highest BCUT2D eigenvalue weighted by molar-refractivity contribution is 7.15. The van der Waals surface area contributed by atoms with Crippen LogP contribution in [0.25, 0.3) is 21.5 Å². The Balaban J connectivity index is 1.64. The Morgan fingerprint density at radius 1 is 1.13 bits per heavy atom. The van der Waals surface area contributed by atoms with E-state index >= 15 is 0 Å². The minimum Gasteiger partial charge on any atom is -0.383 e. The maximum atomic E-state index is 13.1. The number of fused-ring (bicyclic) bond motifs is 1. The van der Waals surface area contributed by atoms with E-state index < -0.39 is 0 Å². The van der Waals surface area contributed by atoms with Gasteiger partial charge < -0.3 is 14.6 Å². The predicted octanol–water partition coefficient (Wildman–Crippen LogP) is 4.61. The fourth-order valence-corrected chi connectivity index (χ4v) is 4.46. The first-order valence-electron chi connectivity index (χ1n) is 9.86. The molecular formula is C23H24N4O2S. The molecule has 0 bridgehead atoms. The minimum atomic E-state index is -0.285. The number of amides is 1. The highest BCUT2D eigenvalue weighted by Crippen LogP contribution is 2.30. The summed E-state index contributed by atoms with van der Waals surface area (Å²) in [6, 6.07) is 17.6. The van der Waals surface area contributed by atoms with Crippen molar-refractivity contribution < 1.29 is 9.53 Å². The highest BCUT2D eigenvalue weighted by Gasteiger charge is 2.23. The van der Waals surface area contributed by atoms with Crippen LogP contribution in [0.4, 0.5) is 0 Å². The number of nitrogens with one attached hydrogen (secondary N) is 1. The molecule has 1 atom stereocenters. The number of benzene rings is 2. The molecule has 0 aliphatic rings. The molecule has 154 valence electrons. The quantitative estimate of drug-likeness (QED) is 0.474. The largest absolute Gasteiger partial charge is 0.383 e. The van der Waals surface area contributed by atoms with E-state index in [9.17, 15) is 4.79 Å². The van der Waals surface area contributed by atoms with Crippen LogP contribution in [0.1, 0.15) is 34.3 Å². The maximum Gasteiger partial charge on any atom is 0.271 e. The second-order valence-corrected chi connectivity index (χ2v) is 8.28. The SMILES string of the molecule is COCCn1c(C(C)NC(=O)c2nc(C)sc2-c2ccccc2)nc2ccccc21. The molecule has 0 saturated carbocycles. The number of thiazole rings is 1. The van der Waals surface area contributed by atoms with Crippen molar-refractivity contribution in [3.8, 4) is 10.4 Å². The zero-order chi connectivity index (χ0) is 21.1. The van der Waals surface area contributed by atoms with E-state index in [1.807, 2.05) is 68.4 Å². The number of hydrogen-bond donors (Lipinski definition) is 1. The molecule has 4 rings (SSSR count). The van der Waals surface area contributed by atoms with Gasteiger partial charge in [0.25, 0.3) is 5.91 Å². The summed E-state index contributed by atoms with van der Waals surface area (Å²) >= 11 is 1.53. The number of aromatic nitrogens is 3. The Morgan fingerprint density at radius 2 is 1.87 bits per heavy atom. The maximum absolute atomic E-state index is 13.1. The molecule has 0 fully saturated rings. The Kier molecular flexibility index (Phi) is 5.92. The molecule has 1 N–H and O–H groups in total. The number of rotatable bonds is 7. The van der Waals surface area contributed by atoms with E-state index in [0.29, 0.717) is 18.8 Å². The standard InChI is InChI=1S/C23H24N4O2S/c1-15(22-26-18-11-7-8-12-19(18)27(22)13-14-29-3)24-23(28)20-21(30-16(2)25-20)17-9-5-4-6-10-17/h4-12,15H,13-14H2,1-3H3,(H,24,28). The molecule has 2 heterocycles. The van der Waals surface area contributed by atoms with Gasteiger partial charge in [0, 0.05) is 13.7 Å². The van der Waals surface area contributed by atoms with E-state index in [-0.39, 0.29) is 11.9 Å². The molecule has 0 aliphatic heterocycles. The second-order valence-electron chi connectivity index (χ2n) is 7.07. The molecule has 1 amide bonds. The molecular weight excluding hydrogens is 396 g/mol. The number of nitrogens with zero attached hydrogens (tertiary/aromatic N) is 3. The predicted molar refractivity (Wildman–Crippen MR) is 120 cm³/mol. The first kappa shape index (κ1) is 20.3. The molecule has 30 heavy (non-hydrogen) atoms. The van der Waals surface area contributed by atoms with Crippen LogP contribution in [-0.2, 0) is 11.3 Å². The van der Waals surface area contributed by atoms with Gasteiger partial charge in [0.05, 0.1) is 33.6 Å². The Morgan fingerprint density at radius 3 is 2.63 bits per heavy atom. The summed E-state index contributed by atoms with van der Waals surface area (Å²) in [7, 11) is 1.68. The van der Waals surface area contributed by atoms with Crippen LogP contribution in [0, 0.1) is 6.92 Å². The third kappa shape index (κ3) is 3.99. The van der Waals surface area contributed by atoms with Crippen LogP contribution in [0.15, 0.2) is 54.6 Å². The molecule has 1 unspecified atom stereocenters. The van der Waals surface area contributed by atoms with Gasteiger partial charge in [0.15, 0.2) is 0 Å². The van der Waals surface area contributed by atoms with Gasteiger partial charge in [-0.05, 0) is 31.5 Å². The molecule has 0 saturated heterocycles. The number of carbonyl (C=O) groups is 1. The van der Waals surface area contributed by atoms with Crippen LogP contribution >= 0.6 is 11.3 Å². The van der Waals surface area contributed by atoms with Crippen molar-refractivity contribution in [2.24, 2.45) is 0 Å². The molecule has 0 radical (unpaired) electrons. The summed E-state index contributed by atoms with van der Waals surface area (Å²) in [5.41, 5.74) is 3.38. The van der Waals surface area contributed by atoms with Crippen LogP contribution in [0.2, 0.25) is 0 Å². The average Bonchev–Trinajstić information content (AvgIpc) is 3.33. The lowest BCUT2D eigenvalue weighted by molar-refractivity contribution is 0.0933. The van der Waals surface area contributed by atoms with Gasteiger partial charge in [-0.1, -0.05) is 42.5 Å². The molecule has 6 nitrogen and oxygen atoms in total. The first-order chi connectivity index (χ1) is 14.6. The van der Waals surface area contributed by atoms with Gasteiger partial charge in [-0.3, -0.25) is 4.79 Å². The summed E-state index contributed by atoms with van der Waals surface area (Å²) in [6.45, 7) is 5.10. The fourth-order valence-electron chi connectivity index (χ4n) is 3.54. The van der Waals surface area contributed by atoms with E-state index in [1.165, 1.54) is 11.3 Å². The van der Waals surface area contributed by atoms with Crippen LogP contribution in [0.5, 0.6) is 0 Å². The number of aryl methyl sites for hydroxylation is 1. The van der Waals surface area contributed by atoms with Gasteiger partial charge >= 0.3 is 0 Å². The normalized spacial score (nSPS) is 12.2. The Labute approximate surface area is 179 Å². The van der Waals surface area contributed by atoms with Gasteiger partial charge in [0.2, 0.25) is 0 Å². The lowest BCUT2D eigenvalue weighted by Gasteiger charge is -2.16. The summed E-state index contributed by atoms with van der Waals surface area (Å²) in [5.74, 6) is 0.603. The fraction of sp³-hybridized carbons (Fsp3) is 0.261. The molecule has 7 heteroatoms. The van der Waals surface area contributed by atoms with Crippen molar-refractivity contribution in [2.45, 2.75) is 26.4 Å². The van der Waals surface area contributed by atoms with Crippen LogP contribution in [-0.4, -0.2) is 34.2 Å². The number of imidazole rings is 1. The van der Waals surface area contributed by atoms with E-state index in [1.54, 1.807) is 7.11 Å². The number of carbonyl (C=O) groups excluding carboxylic acids is 1. The van der Waals surface area contributed by atoms with Crippen LogP contribution in [0.3, 0.4) is 0 Å². The highest BCUT2D eigenvalue weighted by atomic mass is 32.1. The zero-order valence-corrected chi connectivity index (χ0v) is 18.1. The molecule has 0 spiro atoms. The number of para-hydroxylation sites is 2. The molecule has 0 aliphatic carbocycles. The number of methoxy groups -OCH3 is 1. The van der Waals surface area contributed by atoms with E-state index in [0.717, 1.165) is 32.3 Å². The van der Waals surface area contributed by atoms with Crippen molar-refractivity contribution in [3.63, 3.8) is 0 Å². The second kappa shape index (κ2) is 8.77. The van der Waals surface area contributed by atoms with Gasteiger partial charge in [-0.25, -0.2) is 9.97 Å². The van der Waals surface area contributed by atoms with Crippen LogP contribution < -0.4 is 5.32 Å². The topological polar surface area (TPSA) is 69.0 Å². The monoisotopic (exact) mass is 420 g/mol. The summed E-state index contributed by atoms with van der Waals surface area (Å²) in [5, 5.41) is 3.96. The lowest BCUT2D eigenvalue weighted by Crippen LogP contribution is -2.29. The van der Waals surface area contributed by atoms with Crippen molar-refractivity contribution in [2.75, 3.05) is 13.7 Å². The summed E-state index contributed by atoms with van der Waals surface area (Å²) < 4.78 is 7.38. The van der Waals surface area contributed by atoms with Gasteiger partial charge in [0.1, 0.15) is 11.5 Å². The van der Waals surface area contributed by atoms with E-state index in [2.05, 4.69) is 14.9 Å². The number of hydrogen-bond acceptors (Lipinski definition) is 5. The third-order valence-electron chi connectivity index (χ3n) is 4.92. The summed E-state index contributed by atoms with van der Waals surface area (Å²) in [6.07, 6.45) is 0. The van der Waals surface area contributed by atoms with Crippen molar-refractivity contribution in [1.29, 1.82) is 0 Å². The number of ether oxygens (including phenoxy) is 1. The van der Waals surface area contributed by atoms with Gasteiger partial charge in [-0.2, -0.15) is 0 Å². The molecule has 2 aromatic carbocycles. The zero-order valence-electron chi connectivity index (χ0n) is 17.3. The minimum absolute atomic E-state index is 0.198. The van der Waals surface area contributed by atoms with E-state index in [4.69, 9.17) is 9.72 Å². The van der Waals surface area contributed by atoms with Crippen molar-refractivity contribution in [1.82, 2.24) is 19.9 Å². The lowest BCUT2D eigenvalue weighted by atomic mass is 10.1. The summed E-state index contributed by atoms with van der Waals surface area (Å²) in [4.78, 5) is 23.3. The van der Waals surface area contributed by atoms with Gasteiger partial charge in [-0.15, -0.1) is 11.3 Å². The smallest absolute Gasteiger partial charge is 0.271 e. The van der Waals surface area contributed by atoms with Crippen molar-refractivity contribution in [3.05, 3.63) is 71.1 Å². The Hall–Kier alpha value is -3.03. The average molecular weight is 421 g/mol. The first-order valence-corrected chi connectivity index (χ1v) is 10.7. The third-order valence-corrected chi connectivity index (χ3v) is 5.94. The molecule has 4 aromatic rings. The molecule has 2 aromatic heterocycles. The van der Waals surface area contributed by atoms with Crippen molar-refractivity contribution >= 4 is 28.3 Å².